The average molecular weight is 259 g/mol. The third kappa shape index (κ3) is 3.34. The minimum absolute atomic E-state index is 0.157. The van der Waals surface area contributed by atoms with Gasteiger partial charge in [0.2, 0.25) is 5.91 Å². The van der Waals surface area contributed by atoms with Crippen LogP contribution in [0.1, 0.15) is 16.9 Å². The van der Waals surface area contributed by atoms with E-state index in [9.17, 15) is 4.79 Å². The number of carbonyl (C=O) groups excluding carboxylic acids is 1. The lowest BCUT2D eigenvalue weighted by Gasteiger charge is -2.11. The molecule has 0 radical (unpaired) electrons. The number of rotatable bonds is 4. The summed E-state index contributed by atoms with van der Waals surface area (Å²) < 4.78 is 4.88. The van der Waals surface area contributed by atoms with Crippen molar-refractivity contribution < 1.29 is 9.32 Å². The van der Waals surface area contributed by atoms with Gasteiger partial charge in [-0.15, -0.1) is 0 Å². The smallest absolute Gasteiger partial charge is 0.244 e. The van der Waals surface area contributed by atoms with Crippen LogP contribution in [0.3, 0.4) is 0 Å². The molecule has 1 aromatic heterocycles. The van der Waals surface area contributed by atoms with Crippen LogP contribution in [0.4, 0.5) is 11.5 Å². The van der Waals surface area contributed by atoms with Gasteiger partial charge in [0.25, 0.3) is 0 Å². The van der Waals surface area contributed by atoms with Crippen molar-refractivity contribution in [3.63, 3.8) is 0 Å². The van der Waals surface area contributed by atoms with E-state index >= 15 is 0 Å². The molecule has 0 aliphatic rings. The Morgan fingerprint density at radius 2 is 1.95 bits per heavy atom. The summed E-state index contributed by atoms with van der Waals surface area (Å²) in [5, 5.41) is 9.51. The van der Waals surface area contributed by atoms with Gasteiger partial charge in [0.05, 0.1) is 6.54 Å². The van der Waals surface area contributed by atoms with Crippen molar-refractivity contribution in [2.75, 3.05) is 17.2 Å². The van der Waals surface area contributed by atoms with Crippen molar-refractivity contribution in [1.29, 1.82) is 0 Å². The molecular formula is C14H17N3O2. The van der Waals surface area contributed by atoms with Crippen LogP contribution in [0, 0.1) is 20.8 Å². The van der Waals surface area contributed by atoms with Crippen molar-refractivity contribution in [2.45, 2.75) is 20.8 Å². The van der Waals surface area contributed by atoms with Gasteiger partial charge in [0, 0.05) is 11.8 Å². The number of anilines is 2. The van der Waals surface area contributed by atoms with Crippen LogP contribution >= 0.6 is 0 Å². The maximum atomic E-state index is 11.8. The molecule has 1 heterocycles. The van der Waals surface area contributed by atoms with Crippen molar-refractivity contribution in [2.24, 2.45) is 0 Å². The molecule has 0 bridgehead atoms. The van der Waals surface area contributed by atoms with E-state index in [2.05, 4.69) is 15.8 Å². The summed E-state index contributed by atoms with van der Waals surface area (Å²) in [6.07, 6.45) is 0. The molecular weight excluding hydrogens is 242 g/mol. The Morgan fingerprint density at radius 1 is 1.26 bits per heavy atom. The maximum Gasteiger partial charge on any atom is 0.244 e. The Bertz CT molecular complexity index is 570. The number of hydrogen-bond acceptors (Lipinski definition) is 4. The summed E-state index contributed by atoms with van der Waals surface area (Å²) in [5.74, 6) is 0.944. The van der Waals surface area contributed by atoms with E-state index in [0.717, 1.165) is 16.8 Å². The molecule has 100 valence electrons. The van der Waals surface area contributed by atoms with Crippen LogP contribution in [0.5, 0.6) is 0 Å². The van der Waals surface area contributed by atoms with Gasteiger partial charge in [-0.2, -0.15) is 0 Å². The topological polar surface area (TPSA) is 67.2 Å². The molecule has 0 atom stereocenters. The molecule has 0 saturated carbocycles. The summed E-state index contributed by atoms with van der Waals surface area (Å²) in [6.45, 7) is 5.98. The first kappa shape index (κ1) is 13.1. The van der Waals surface area contributed by atoms with Crippen LogP contribution in [-0.2, 0) is 4.79 Å². The van der Waals surface area contributed by atoms with E-state index in [-0.39, 0.29) is 12.5 Å². The molecule has 0 aliphatic carbocycles. The van der Waals surface area contributed by atoms with E-state index in [1.165, 1.54) is 0 Å². The number of nitrogens with zero attached hydrogens (tertiary/aromatic N) is 1. The Morgan fingerprint density at radius 3 is 2.53 bits per heavy atom. The Labute approximate surface area is 112 Å². The molecule has 2 N–H and O–H groups in total. The maximum absolute atomic E-state index is 11.8. The number of aryl methyl sites for hydroxylation is 3. The number of para-hydroxylation sites is 1. The molecule has 19 heavy (non-hydrogen) atoms. The van der Waals surface area contributed by atoms with Crippen LogP contribution in [-0.4, -0.2) is 17.6 Å². The normalized spacial score (nSPS) is 10.3. The number of amides is 1. The number of hydrogen-bond donors (Lipinski definition) is 2. The first-order chi connectivity index (χ1) is 9.06. The van der Waals surface area contributed by atoms with E-state index < -0.39 is 0 Å². The average Bonchev–Trinajstić information content (AvgIpc) is 2.74. The highest BCUT2D eigenvalue weighted by Gasteiger charge is 2.07. The minimum Gasteiger partial charge on any atom is -0.376 e. The standard InChI is InChI=1S/C14H17N3O2/c1-9-5-4-6-10(2)14(9)15-8-13(18)16-12-7-11(3)19-17-12/h4-7,15H,8H2,1-3H3,(H,16,17,18). The van der Waals surface area contributed by atoms with E-state index in [1.807, 2.05) is 32.0 Å². The summed E-state index contributed by atoms with van der Waals surface area (Å²) in [6, 6.07) is 7.69. The van der Waals surface area contributed by atoms with Crippen molar-refractivity contribution >= 4 is 17.4 Å². The minimum atomic E-state index is -0.157. The van der Waals surface area contributed by atoms with Gasteiger partial charge < -0.3 is 15.2 Å². The highest BCUT2D eigenvalue weighted by Crippen LogP contribution is 2.18. The SMILES string of the molecule is Cc1cc(NC(=O)CNc2c(C)cccc2C)no1. The fourth-order valence-electron chi connectivity index (χ4n) is 1.87. The third-order valence-electron chi connectivity index (χ3n) is 2.80. The number of nitrogens with one attached hydrogen (secondary N) is 2. The zero-order chi connectivity index (χ0) is 13.8. The van der Waals surface area contributed by atoms with Gasteiger partial charge in [-0.1, -0.05) is 23.4 Å². The lowest BCUT2D eigenvalue weighted by molar-refractivity contribution is -0.114. The summed E-state index contributed by atoms with van der Waals surface area (Å²) >= 11 is 0. The monoisotopic (exact) mass is 259 g/mol. The Kier molecular flexibility index (Phi) is 3.85. The summed E-state index contributed by atoms with van der Waals surface area (Å²) in [4.78, 5) is 11.8. The van der Waals surface area contributed by atoms with Gasteiger partial charge in [-0.05, 0) is 31.9 Å². The second-order valence-electron chi connectivity index (χ2n) is 4.49. The highest BCUT2D eigenvalue weighted by molar-refractivity contribution is 5.93. The quantitative estimate of drug-likeness (QED) is 0.885. The molecule has 0 saturated heterocycles. The number of carbonyl (C=O) groups is 1. The molecule has 2 aromatic rings. The molecule has 1 amide bonds. The predicted molar refractivity (Wildman–Crippen MR) is 74.3 cm³/mol. The van der Waals surface area contributed by atoms with E-state index in [0.29, 0.717) is 11.6 Å². The van der Waals surface area contributed by atoms with Gasteiger partial charge in [0.15, 0.2) is 5.82 Å². The van der Waals surface area contributed by atoms with Crippen molar-refractivity contribution in [3.05, 3.63) is 41.2 Å². The van der Waals surface area contributed by atoms with Gasteiger partial charge >= 0.3 is 0 Å². The number of benzene rings is 1. The second-order valence-corrected chi connectivity index (χ2v) is 4.49. The van der Waals surface area contributed by atoms with Gasteiger partial charge in [0.1, 0.15) is 5.76 Å². The van der Waals surface area contributed by atoms with Crippen molar-refractivity contribution in [3.8, 4) is 0 Å². The van der Waals surface area contributed by atoms with Gasteiger partial charge in [-0.25, -0.2) is 0 Å². The van der Waals surface area contributed by atoms with E-state index in [4.69, 9.17) is 4.52 Å². The van der Waals surface area contributed by atoms with Gasteiger partial charge in [-0.3, -0.25) is 4.79 Å². The first-order valence-corrected chi connectivity index (χ1v) is 6.09. The molecule has 0 spiro atoms. The third-order valence-corrected chi connectivity index (χ3v) is 2.80. The van der Waals surface area contributed by atoms with Crippen LogP contribution in [0.25, 0.3) is 0 Å². The molecule has 0 unspecified atom stereocenters. The predicted octanol–water partition coefficient (Wildman–Crippen LogP) is 2.65. The number of aromatic nitrogens is 1. The molecule has 5 nitrogen and oxygen atoms in total. The Hall–Kier alpha value is -2.30. The fourth-order valence-corrected chi connectivity index (χ4v) is 1.87. The molecule has 1 aromatic carbocycles. The largest absolute Gasteiger partial charge is 0.376 e. The zero-order valence-corrected chi connectivity index (χ0v) is 11.3. The van der Waals surface area contributed by atoms with Crippen LogP contribution in [0.15, 0.2) is 28.8 Å². The second kappa shape index (κ2) is 5.56. The summed E-state index contributed by atoms with van der Waals surface area (Å²) in [7, 11) is 0. The fraction of sp³-hybridized carbons (Fsp3) is 0.286. The molecule has 0 fully saturated rings. The highest BCUT2D eigenvalue weighted by atomic mass is 16.5. The summed E-state index contributed by atoms with van der Waals surface area (Å²) in [5.41, 5.74) is 3.23. The lowest BCUT2D eigenvalue weighted by Crippen LogP contribution is -2.22. The zero-order valence-electron chi connectivity index (χ0n) is 11.3. The van der Waals surface area contributed by atoms with Crippen LogP contribution in [0.2, 0.25) is 0 Å². The molecule has 0 aliphatic heterocycles. The molecule has 5 heteroatoms. The Balaban J connectivity index is 1.93. The van der Waals surface area contributed by atoms with Crippen molar-refractivity contribution in [1.82, 2.24) is 5.16 Å². The first-order valence-electron chi connectivity index (χ1n) is 6.09. The molecule has 2 rings (SSSR count). The van der Waals surface area contributed by atoms with Crippen LogP contribution < -0.4 is 10.6 Å². The van der Waals surface area contributed by atoms with E-state index in [1.54, 1.807) is 13.0 Å². The lowest BCUT2D eigenvalue weighted by atomic mass is 10.1.